The molecule has 0 aromatic carbocycles. The summed E-state index contributed by atoms with van der Waals surface area (Å²) in [6.07, 6.45) is 0.658. The highest BCUT2D eigenvalue weighted by atomic mass is 32.2. The number of carbonyl (C=O) groups excluding carboxylic acids is 1. The Kier molecular flexibility index (Phi) is 4.52. The summed E-state index contributed by atoms with van der Waals surface area (Å²) in [7, 11) is 0. The molecule has 1 aromatic rings. The van der Waals surface area contributed by atoms with Crippen molar-refractivity contribution in [2.45, 2.75) is 11.4 Å². The third-order valence-corrected chi connectivity index (χ3v) is 3.88. The summed E-state index contributed by atoms with van der Waals surface area (Å²) in [5.41, 5.74) is 0.643. The van der Waals surface area contributed by atoms with Gasteiger partial charge in [-0.15, -0.1) is 10.1 Å². The highest BCUT2D eigenvalue weighted by molar-refractivity contribution is 8.14. The first-order valence-electron chi connectivity index (χ1n) is 5.75. The Morgan fingerprint density at radius 3 is 3.00 bits per heavy atom. The maximum absolute atomic E-state index is 11.5. The molecule has 114 valence electrons. The van der Waals surface area contributed by atoms with Crippen LogP contribution in [0.5, 0.6) is 0 Å². The minimum Gasteiger partial charge on any atom is -0.472 e. The topological polar surface area (TPSA) is 135 Å². The van der Waals surface area contributed by atoms with Crippen LogP contribution in [0.15, 0.2) is 23.0 Å². The molecular formula is C10H11N3O7S. The zero-order valence-corrected chi connectivity index (χ0v) is 11.3. The van der Waals surface area contributed by atoms with Gasteiger partial charge in [-0.1, -0.05) is 11.8 Å². The van der Waals surface area contributed by atoms with E-state index in [4.69, 9.17) is 4.42 Å². The van der Waals surface area contributed by atoms with E-state index in [1.807, 2.05) is 0 Å². The number of hydrogen-bond acceptors (Lipinski definition) is 7. The molecule has 0 bridgehead atoms. The van der Waals surface area contributed by atoms with Gasteiger partial charge in [0.1, 0.15) is 12.8 Å². The van der Waals surface area contributed by atoms with Crippen LogP contribution in [-0.4, -0.2) is 45.7 Å². The second kappa shape index (κ2) is 6.35. The standard InChI is InChI=1S/C10H11N3O7S/c14-9-11-8(7(21-9)6-1-3-19-5-6)12(10(15)16)2-4-20-13(17)18/h1,3,5,7-8H,2,4H2,(H,11,14)(H,15,16). The quantitative estimate of drug-likeness (QED) is 0.592. The van der Waals surface area contributed by atoms with E-state index in [0.717, 1.165) is 16.7 Å². The van der Waals surface area contributed by atoms with Gasteiger partial charge < -0.3 is 19.7 Å². The van der Waals surface area contributed by atoms with Crippen molar-refractivity contribution in [3.63, 3.8) is 0 Å². The molecule has 2 atom stereocenters. The molecule has 2 rings (SSSR count). The van der Waals surface area contributed by atoms with E-state index >= 15 is 0 Å². The van der Waals surface area contributed by atoms with Gasteiger partial charge in [-0.2, -0.15) is 0 Å². The number of thioether (sulfide) groups is 1. The fourth-order valence-corrected chi connectivity index (χ4v) is 2.94. The largest absolute Gasteiger partial charge is 0.472 e. The van der Waals surface area contributed by atoms with Gasteiger partial charge in [-0.25, -0.2) is 4.79 Å². The molecule has 1 aromatic heterocycles. The lowest BCUT2D eigenvalue weighted by atomic mass is 10.2. The molecule has 1 saturated heterocycles. The SMILES string of the molecule is O=C1NC(N(CCO[N+](=O)[O-])C(=O)O)C(c2ccoc2)S1. The number of hydrogen-bond donors (Lipinski definition) is 2. The van der Waals surface area contributed by atoms with Crippen molar-refractivity contribution in [3.05, 3.63) is 34.3 Å². The smallest absolute Gasteiger partial charge is 0.409 e. The summed E-state index contributed by atoms with van der Waals surface area (Å²) >= 11 is 0.927. The lowest BCUT2D eigenvalue weighted by Crippen LogP contribution is -2.49. The number of rotatable bonds is 6. The molecule has 2 unspecified atom stereocenters. The van der Waals surface area contributed by atoms with Crippen LogP contribution in [0, 0.1) is 10.1 Å². The Bertz CT molecular complexity index is 535. The lowest BCUT2D eigenvalue weighted by molar-refractivity contribution is -0.757. The van der Waals surface area contributed by atoms with Crippen molar-refractivity contribution >= 4 is 23.1 Å². The molecule has 11 heteroatoms. The Labute approximate surface area is 122 Å². The molecule has 1 aliphatic rings. The Balaban J connectivity index is 2.11. The molecule has 0 radical (unpaired) electrons. The van der Waals surface area contributed by atoms with Crippen molar-refractivity contribution < 1.29 is 29.0 Å². The monoisotopic (exact) mass is 317 g/mol. The van der Waals surface area contributed by atoms with Gasteiger partial charge in [-0.3, -0.25) is 9.69 Å². The van der Waals surface area contributed by atoms with Gasteiger partial charge in [0.05, 0.1) is 17.8 Å². The van der Waals surface area contributed by atoms with E-state index in [2.05, 4.69) is 10.2 Å². The normalized spacial score (nSPS) is 20.9. The summed E-state index contributed by atoms with van der Waals surface area (Å²) < 4.78 is 4.93. The number of furan rings is 1. The van der Waals surface area contributed by atoms with Crippen LogP contribution >= 0.6 is 11.8 Å². The zero-order valence-electron chi connectivity index (χ0n) is 10.5. The highest BCUT2D eigenvalue weighted by Crippen LogP contribution is 2.39. The van der Waals surface area contributed by atoms with Crippen molar-refractivity contribution in [2.75, 3.05) is 13.2 Å². The molecule has 2 heterocycles. The maximum atomic E-state index is 11.5. The summed E-state index contributed by atoms with van der Waals surface area (Å²) in [5.74, 6) is 0. The van der Waals surface area contributed by atoms with Crippen molar-refractivity contribution in [2.24, 2.45) is 0 Å². The van der Waals surface area contributed by atoms with Crippen molar-refractivity contribution in [1.82, 2.24) is 10.2 Å². The molecule has 1 fully saturated rings. The summed E-state index contributed by atoms with van der Waals surface area (Å²) in [6.45, 7) is -0.676. The van der Waals surface area contributed by atoms with Crippen LogP contribution in [0.4, 0.5) is 9.59 Å². The molecule has 1 aliphatic heterocycles. The average Bonchev–Trinajstić information content (AvgIpc) is 3.02. The second-order valence-electron chi connectivity index (χ2n) is 4.00. The van der Waals surface area contributed by atoms with Crippen LogP contribution in [0.3, 0.4) is 0 Å². The Morgan fingerprint density at radius 2 is 2.43 bits per heavy atom. The van der Waals surface area contributed by atoms with E-state index in [1.165, 1.54) is 12.5 Å². The van der Waals surface area contributed by atoms with Crippen LogP contribution in [-0.2, 0) is 4.84 Å². The molecule has 0 spiro atoms. The molecule has 0 aliphatic carbocycles. The maximum Gasteiger partial charge on any atom is 0.409 e. The molecule has 2 amide bonds. The van der Waals surface area contributed by atoms with Crippen LogP contribution < -0.4 is 5.32 Å². The van der Waals surface area contributed by atoms with Gasteiger partial charge in [-0.05, 0) is 6.07 Å². The third kappa shape index (κ3) is 3.56. The van der Waals surface area contributed by atoms with Gasteiger partial charge in [0, 0.05) is 12.1 Å². The van der Waals surface area contributed by atoms with Gasteiger partial charge in [0.15, 0.2) is 0 Å². The predicted octanol–water partition coefficient (Wildman–Crippen LogP) is 1.29. The first kappa shape index (κ1) is 15.0. The molecule has 0 saturated carbocycles. The summed E-state index contributed by atoms with van der Waals surface area (Å²) in [5, 5.41) is 20.0. The molecular weight excluding hydrogens is 306 g/mol. The van der Waals surface area contributed by atoms with Crippen molar-refractivity contribution in [3.8, 4) is 0 Å². The first-order chi connectivity index (χ1) is 9.99. The molecule has 10 nitrogen and oxygen atoms in total. The average molecular weight is 317 g/mol. The minimum absolute atomic E-state index is 0.254. The predicted molar refractivity (Wildman–Crippen MR) is 69.0 cm³/mol. The Morgan fingerprint density at radius 1 is 1.67 bits per heavy atom. The van der Waals surface area contributed by atoms with Crippen LogP contribution in [0.1, 0.15) is 10.8 Å². The van der Waals surface area contributed by atoms with Crippen LogP contribution in [0.25, 0.3) is 0 Å². The highest BCUT2D eigenvalue weighted by Gasteiger charge is 2.40. The molecule has 21 heavy (non-hydrogen) atoms. The number of nitrogens with one attached hydrogen (secondary N) is 1. The third-order valence-electron chi connectivity index (χ3n) is 2.77. The van der Waals surface area contributed by atoms with Crippen molar-refractivity contribution in [1.29, 1.82) is 0 Å². The second-order valence-corrected chi connectivity index (χ2v) is 5.12. The Hall–Kier alpha value is -2.43. The lowest BCUT2D eigenvalue weighted by Gasteiger charge is -2.28. The zero-order chi connectivity index (χ0) is 15.4. The fraction of sp³-hybridized carbons (Fsp3) is 0.400. The summed E-state index contributed by atoms with van der Waals surface area (Å²) in [4.78, 5) is 37.9. The van der Waals surface area contributed by atoms with E-state index < -0.39 is 29.2 Å². The number of nitrogens with zero attached hydrogens (tertiary/aromatic N) is 2. The minimum atomic E-state index is -1.32. The fourth-order valence-electron chi connectivity index (χ4n) is 1.91. The first-order valence-corrected chi connectivity index (χ1v) is 6.63. The van der Waals surface area contributed by atoms with Gasteiger partial charge in [0.25, 0.3) is 10.3 Å². The molecule has 2 N–H and O–H groups in total. The number of carboxylic acid groups (broad SMARTS) is 1. The van der Waals surface area contributed by atoms with E-state index in [0.29, 0.717) is 5.56 Å². The van der Waals surface area contributed by atoms with E-state index in [1.54, 1.807) is 6.07 Å². The number of carbonyl (C=O) groups is 2. The summed E-state index contributed by atoms with van der Waals surface area (Å²) in [6, 6.07) is 1.62. The number of amides is 2. The van der Waals surface area contributed by atoms with E-state index in [9.17, 15) is 24.8 Å². The van der Waals surface area contributed by atoms with Gasteiger partial charge in [0.2, 0.25) is 0 Å². The van der Waals surface area contributed by atoms with Crippen LogP contribution in [0.2, 0.25) is 0 Å². The van der Waals surface area contributed by atoms with Gasteiger partial charge >= 0.3 is 6.09 Å². The van der Waals surface area contributed by atoms with E-state index in [-0.39, 0.29) is 11.8 Å².